The zero-order chi connectivity index (χ0) is 21.8. The van der Waals surface area contributed by atoms with Crippen molar-refractivity contribution in [3.63, 3.8) is 0 Å². The Morgan fingerprint density at radius 3 is 2.84 bits per heavy atom. The van der Waals surface area contributed by atoms with Crippen molar-refractivity contribution in [3.8, 4) is 0 Å². The number of aromatic nitrogens is 2. The molecule has 0 bridgehead atoms. The summed E-state index contributed by atoms with van der Waals surface area (Å²) in [6.07, 6.45) is 0.410. The van der Waals surface area contributed by atoms with Gasteiger partial charge < -0.3 is 15.0 Å². The van der Waals surface area contributed by atoms with E-state index in [0.717, 1.165) is 26.5 Å². The Labute approximate surface area is 189 Å². The molecule has 1 saturated heterocycles. The molecule has 1 aliphatic rings. The van der Waals surface area contributed by atoms with Crippen LogP contribution in [0, 0.1) is 6.92 Å². The molecule has 1 amide bonds. The highest BCUT2D eigenvalue weighted by atomic mass is 32.2. The predicted octanol–water partition coefficient (Wildman–Crippen LogP) is 3.80. The van der Waals surface area contributed by atoms with Gasteiger partial charge in [0.1, 0.15) is 21.3 Å². The maximum absolute atomic E-state index is 12.5. The standard InChI is InChI=1S/C22H24N4O3S2/c1-3-29-22(28)19-14(2)18-20(26-11-9-17(27)23-10-12-26)24-16(25-21(18)31-19)13-30-15-7-5-4-6-8-15/h4-8H,3,9-13H2,1-2H3,(H,23,27). The number of amides is 1. The molecular weight excluding hydrogens is 432 g/mol. The van der Waals surface area contributed by atoms with Gasteiger partial charge in [0.25, 0.3) is 0 Å². The van der Waals surface area contributed by atoms with Crippen LogP contribution in [-0.4, -0.2) is 48.1 Å². The van der Waals surface area contributed by atoms with Crippen LogP contribution in [0.15, 0.2) is 35.2 Å². The third kappa shape index (κ3) is 4.83. The van der Waals surface area contributed by atoms with Gasteiger partial charge in [-0.2, -0.15) is 0 Å². The minimum atomic E-state index is -0.332. The van der Waals surface area contributed by atoms with Crippen molar-refractivity contribution >= 4 is 51.0 Å². The molecule has 0 radical (unpaired) electrons. The molecule has 0 atom stereocenters. The number of ether oxygens (including phenoxy) is 1. The Morgan fingerprint density at radius 1 is 1.26 bits per heavy atom. The van der Waals surface area contributed by atoms with E-state index in [1.165, 1.54) is 11.3 Å². The molecule has 1 fully saturated rings. The van der Waals surface area contributed by atoms with Gasteiger partial charge >= 0.3 is 5.97 Å². The van der Waals surface area contributed by atoms with Gasteiger partial charge in [-0.15, -0.1) is 23.1 Å². The molecule has 1 N–H and O–H groups in total. The highest BCUT2D eigenvalue weighted by Crippen LogP contribution is 2.37. The number of esters is 1. The number of benzene rings is 1. The van der Waals surface area contributed by atoms with Gasteiger partial charge in [-0.1, -0.05) is 18.2 Å². The fraction of sp³-hybridized carbons (Fsp3) is 0.364. The van der Waals surface area contributed by atoms with E-state index in [1.807, 2.05) is 25.1 Å². The molecule has 9 heteroatoms. The van der Waals surface area contributed by atoms with Gasteiger partial charge in [0, 0.05) is 31.0 Å². The normalized spacial score (nSPS) is 14.4. The molecule has 7 nitrogen and oxygen atoms in total. The van der Waals surface area contributed by atoms with Gasteiger partial charge in [-0.3, -0.25) is 4.79 Å². The number of thiophene rings is 1. The topological polar surface area (TPSA) is 84.4 Å². The molecule has 4 rings (SSSR count). The van der Waals surface area contributed by atoms with Crippen molar-refractivity contribution in [1.29, 1.82) is 0 Å². The summed E-state index contributed by atoms with van der Waals surface area (Å²) < 4.78 is 5.24. The lowest BCUT2D eigenvalue weighted by Crippen LogP contribution is -2.29. The number of nitrogens with one attached hydrogen (secondary N) is 1. The molecule has 0 unspecified atom stereocenters. The first kappa shape index (κ1) is 21.6. The first-order chi connectivity index (χ1) is 15.1. The second-order valence-electron chi connectivity index (χ2n) is 7.11. The lowest BCUT2D eigenvalue weighted by atomic mass is 10.2. The van der Waals surface area contributed by atoms with Gasteiger partial charge in [0.2, 0.25) is 5.91 Å². The van der Waals surface area contributed by atoms with Gasteiger partial charge in [0.05, 0.1) is 17.7 Å². The first-order valence-corrected chi connectivity index (χ1v) is 12.0. The third-order valence-corrected chi connectivity index (χ3v) is 7.18. The van der Waals surface area contributed by atoms with Crippen molar-refractivity contribution in [1.82, 2.24) is 15.3 Å². The quantitative estimate of drug-likeness (QED) is 0.446. The van der Waals surface area contributed by atoms with E-state index in [1.54, 1.807) is 18.7 Å². The Balaban J connectivity index is 1.75. The second kappa shape index (κ2) is 9.65. The summed E-state index contributed by atoms with van der Waals surface area (Å²) in [6, 6.07) is 10.1. The number of aryl methyl sites for hydroxylation is 1. The largest absolute Gasteiger partial charge is 0.462 e. The number of carbonyl (C=O) groups is 2. The molecule has 0 spiro atoms. The van der Waals surface area contributed by atoms with E-state index < -0.39 is 0 Å². The zero-order valence-corrected chi connectivity index (χ0v) is 19.1. The summed E-state index contributed by atoms with van der Waals surface area (Å²) in [5, 5.41) is 3.78. The summed E-state index contributed by atoms with van der Waals surface area (Å²) in [7, 11) is 0. The lowest BCUT2D eigenvalue weighted by Gasteiger charge is -2.22. The van der Waals surface area contributed by atoms with E-state index in [2.05, 4.69) is 22.3 Å². The average Bonchev–Trinajstić information content (AvgIpc) is 2.95. The van der Waals surface area contributed by atoms with Crippen molar-refractivity contribution in [2.24, 2.45) is 0 Å². The molecule has 3 heterocycles. The number of thioether (sulfide) groups is 1. The van der Waals surface area contributed by atoms with Gasteiger partial charge in [0.15, 0.2) is 0 Å². The highest BCUT2D eigenvalue weighted by molar-refractivity contribution is 7.98. The van der Waals surface area contributed by atoms with Gasteiger partial charge in [-0.25, -0.2) is 14.8 Å². The van der Waals surface area contributed by atoms with E-state index in [0.29, 0.717) is 49.1 Å². The van der Waals surface area contributed by atoms with Crippen LogP contribution in [0.1, 0.15) is 34.4 Å². The van der Waals surface area contributed by atoms with Crippen LogP contribution in [-0.2, 0) is 15.3 Å². The van der Waals surface area contributed by atoms with Crippen molar-refractivity contribution in [2.45, 2.75) is 30.9 Å². The highest BCUT2D eigenvalue weighted by Gasteiger charge is 2.25. The Bertz CT molecular complexity index is 1100. The van der Waals surface area contributed by atoms with Gasteiger partial charge in [-0.05, 0) is 31.5 Å². The Kier molecular flexibility index (Phi) is 6.72. The molecule has 1 aliphatic heterocycles. The van der Waals surface area contributed by atoms with Crippen LogP contribution >= 0.6 is 23.1 Å². The number of nitrogens with zero attached hydrogens (tertiary/aromatic N) is 3. The summed E-state index contributed by atoms with van der Waals surface area (Å²) in [5.74, 6) is 1.82. The molecule has 31 heavy (non-hydrogen) atoms. The molecule has 3 aromatic rings. The number of hydrogen-bond donors (Lipinski definition) is 1. The zero-order valence-electron chi connectivity index (χ0n) is 17.5. The molecule has 0 saturated carbocycles. The number of anilines is 1. The van der Waals surface area contributed by atoms with Crippen LogP contribution in [0.2, 0.25) is 0 Å². The third-order valence-electron chi connectivity index (χ3n) is 5.00. The predicted molar refractivity (Wildman–Crippen MR) is 124 cm³/mol. The average molecular weight is 457 g/mol. The van der Waals surface area contributed by atoms with E-state index in [-0.39, 0.29) is 11.9 Å². The molecule has 162 valence electrons. The summed E-state index contributed by atoms with van der Waals surface area (Å²) >= 11 is 3.02. The lowest BCUT2D eigenvalue weighted by molar-refractivity contribution is -0.120. The van der Waals surface area contributed by atoms with E-state index in [4.69, 9.17) is 14.7 Å². The fourth-order valence-corrected chi connectivity index (χ4v) is 5.35. The van der Waals surface area contributed by atoms with Crippen molar-refractivity contribution in [2.75, 3.05) is 31.1 Å². The number of hydrogen-bond acceptors (Lipinski definition) is 8. The van der Waals surface area contributed by atoms with Crippen molar-refractivity contribution in [3.05, 3.63) is 46.6 Å². The van der Waals surface area contributed by atoms with Crippen molar-refractivity contribution < 1.29 is 14.3 Å². The van der Waals surface area contributed by atoms with Crippen LogP contribution < -0.4 is 10.2 Å². The van der Waals surface area contributed by atoms with Crippen LogP contribution in [0.5, 0.6) is 0 Å². The number of rotatable bonds is 6. The maximum atomic E-state index is 12.5. The summed E-state index contributed by atoms with van der Waals surface area (Å²) in [5.41, 5.74) is 0.833. The first-order valence-electron chi connectivity index (χ1n) is 10.2. The molecule has 2 aromatic heterocycles. The number of carbonyl (C=O) groups excluding carboxylic acids is 2. The molecular formula is C22H24N4O3S2. The Hall–Kier alpha value is -2.65. The second-order valence-corrected chi connectivity index (χ2v) is 9.16. The smallest absolute Gasteiger partial charge is 0.348 e. The minimum absolute atomic E-state index is 0.0434. The molecule has 1 aromatic carbocycles. The monoisotopic (exact) mass is 456 g/mol. The van der Waals surface area contributed by atoms with Crippen LogP contribution in [0.3, 0.4) is 0 Å². The van der Waals surface area contributed by atoms with E-state index in [9.17, 15) is 9.59 Å². The summed E-state index contributed by atoms with van der Waals surface area (Å²) in [4.78, 5) is 38.6. The maximum Gasteiger partial charge on any atom is 0.348 e. The fourth-order valence-electron chi connectivity index (χ4n) is 3.49. The minimum Gasteiger partial charge on any atom is -0.462 e. The van der Waals surface area contributed by atoms with E-state index >= 15 is 0 Å². The SMILES string of the molecule is CCOC(=O)c1sc2nc(CSc3ccccc3)nc(N3CCNC(=O)CC3)c2c1C. The summed E-state index contributed by atoms with van der Waals surface area (Å²) in [6.45, 7) is 5.83. The van der Waals surface area contributed by atoms with Crippen LogP contribution in [0.25, 0.3) is 10.2 Å². The van der Waals surface area contributed by atoms with Crippen LogP contribution in [0.4, 0.5) is 5.82 Å². The molecule has 0 aliphatic carbocycles. The number of fused-ring (bicyclic) bond motifs is 1. The Morgan fingerprint density at radius 2 is 2.06 bits per heavy atom.